The van der Waals surface area contributed by atoms with Crippen LogP contribution in [-0.2, 0) is 19.3 Å². The molecule has 0 fully saturated rings. The smallest absolute Gasteiger partial charge is 0.343 e. The van der Waals surface area contributed by atoms with E-state index in [1.165, 1.54) is 16.3 Å². The third kappa shape index (κ3) is 3.77. The summed E-state index contributed by atoms with van der Waals surface area (Å²) in [7, 11) is 1.66. The van der Waals surface area contributed by atoms with Crippen molar-refractivity contribution < 1.29 is 9.21 Å². The van der Waals surface area contributed by atoms with Gasteiger partial charge in [0.2, 0.25) is 0 Å². The number of aromatic nitrogens is 3. The van der Waals surface area contributed by atoms with Crippen LogP contribution in [-0.4, -0.2) is 20.7 Å². The molecule has 24 heavy (non-hydrogen) atoms. The van der Waals surface area contributed by atoms with Crippen LogP contribution in [0.1, 0.15) is 21.7 Å². The van der Waals surface area contributed by atoms with Crippen LogP contribution < -0.4 is 11.0 Å². The molecular formula is C16H16N4O3S. The number of rotatable bonds is 6. The summed E-state index contributed by atoms with van der Waals surface area (Å²) in [6.07, 6.45) is 1.57. The van der Waals surface area contributed by atoms with Crippen molar-refractivity contribution in [3.05, 3.63) is 70.0 Å². The van der Waals surface area contributed by atoms with E-state index in [1.54, 1.807) is 25.4 Å². The van der Waals surface area contributed by atoms with E-state index >= 15 is 0 Å². The predicted molar refractivity (Wildman–Crippen MR) is 89.7 cm³/mol. The monoisotopic (exact) mass is 344 g/mol. The van der Waals surface area contributed by atoms with Gasteiger partial charge in [-0.3, -0.25) is 9.36 Å². The summed E-state index contributed by atoms with van der Waals surface area (Å²) in [5.41, 5.74) is 1.31. The summed E-state index contributed by atoms with van der Waals surface area (Å²) in [6, 6.07) is 10.9. The summed E-state index contributed by atoms with van der Waals surface area (Å²) in [4.78, 5) is 23.5. The zero-order chi connectivity index (χ0) is 16.9. The normalized spacial score (nSPS) is 10.7. The summed E-state index contributed by atoms with van der Waals surface area (Å²) >= 11 is 1.43. The number of nitrogens with one attached hydrogen (secondary N) is 2. The minimum atomic E-state index is -0.247. The largest absolute Gasteiger partial charge is 0.467 e. The summed E-state index contributed by atoms with van der Waals surface area (Å²) < 4.78 is 6.64. The molecule has 3 rings (SSSR count). The van der Waals surface area contributed by atoms with E-state index in [0.717, 1.165) is 5.56 Å². The standard InChI is InChI=1S/C16H16N4O3S/c1-20-15(22)18-19-16(20)24-10-11-4-2-5-12(8-11)14(21)17-9-13-6-3-7-23-13/h2-8H,9-10H2,1H3,(H,17,21)(H,18,22). The Hall–Kier alpha value is -2.74. The van der Waals surface area contributed by atoms with E-state index in [0.29, 0.717) is 28.8 Å². The van der Waals surface area contributed by atoms with E-state index in [-0.39, 0.29) is 11.6 Å². The van der Waals surface area contributed by atoms with Crippen molar-refractivity contribution in [3.8, 4) is 0 Å². The number of carbonyl (C=O) groups excluding carboxylic acids is 1. The van der Waals surface area contributed by atoms with Gasteiger partial charge in [0, 0.05) is 18.4 Å². The van der Waals surface area contributed by atoms with Crippen LogP contribution in [0.15, 0.2) is 57.0 Å². The van der Waals surface area contributed by atoms with Crippen LogP contribution in [0.2, 0.25) is 0 Å². The molecule has 0 unspecified atom stereocenters. The Bertz CT molecular complexity index is 883. The van der Waals surface area contributed by atoms with Crippen LogP contribution in [0.25, 0.3) is 0 Å². The molecule has 0 aliphatic heterocycles. The maximum Gasteiger partial charge on any atom is 0.343 e. The number of carbonyl (C=O) groups is 1. The Morgan fingerprint density at radius 3 is 2.96 bits per heavy atom. The first kappa shape index (κ1) is 16.1. The third-order valence-electron chi connectivity index (χ3n) is 3.40. The van der Waals surface area contributed by atoms with Crippen molar-refractivity contribution in [1.29, 1.82) is 0 Å². The molecule has 0 aliphatic rings. The molecule has 2 N–H and O–H groups in total. The van der Waals surface area contributed by atoms with Gasteiger partial charge in [-0.05, 0) is 29.8 Å². The first-order chi connectivity index (χ1) is 11.6. The Kier molecular flexibility index (Phi) is 4.85. The van der Waals surface area contributed by atoms with Crippen molar-refractivity contribution >= 4 is 17.7 Å². The first-order valence-corrected chi connectivity index (χ1v) is 8.26. The lowest BCUT2D eigenvalue weighted by Gasteiger charge is -2.06. The SMILES string of the molecule is Cn1c(SCc2cccc(C(=O)NCc3ccco3)c2)n[nH]c1=O. The van der Waals surface area contributed by atoms with Crippen molar-refractivity contribution in [2.24, 2.45) is 7.05 Å². The number of thioether (sulfide) groups is 1. The molecule has 0 aliphatic carbocycles. The van der Waals surface area contributed by atoms with Gasteiger partial charge < -0.3 is 9.73 Å². The molecule has 3 aromatic rings. The number of hydrogen-bond acceptors (Lipinski definition) is 5. The van der Waals surface area contributed by atoms with E-state index in [1.807, 2.05) is 24.3 Å². The highest BCUT2D eigenvalue weighted by atomic mass is 32.2. The van der Waals surface area contributed by atoms with Gasteiger partial charge in [0.15, 0.2) is 5.16 Å². The number of hydrogen-bond donors (Lipinski definition) is 2. The summed E-state index contributed by atoms with van der Waals surface area (Å²) in [6.45, 7) is 0.347. The molecule has 0 atom stereocenters. The zero-order valence-electron chi connectivity index (χ0n) is 13.0. The third-order valence-corrected chi connectivity index (χ3v) is 4.50. The van der Waals surface area contributed by atoms with Crippen LogP contribution in [0.3, 0.4) is 0 Å². The summed E-state index contributed by atoms with van der Waals surface area (Å²) in [5, 5.41) is 9.76. The van der Waals surface area contributed by atoms with Crippen LogP contribution >= 0.6 is 11.8 Å². The van der Waals surface area contributed by atoms with Gasteiger partial charge in [-0.1, -0.05) is 23.9 Å². The fourth-order valence-electron chi connectivity index (χ4n) is 2.09. The van der Waals surface area contributed by atoms with Gasteiger partial charge in [0.05, 0.1) is 12.8 Å². The number of furan rings is 1. The lowest BCUT2D eigenvalue weighted by Crippen LogP contribution is -2.22. The second-order valence-corrected chi connectivity index (χ2v) is 6.06. The maximum absolute atomic E-state index is 12.2. The van der Waals surface area contributed by atoms with E-state index < -0.39 is 0 Å². The molecule has 7 nitrogen and oxygen atoms in total. The molecule has 0 spiro atoms. The average molecular weight is 344 g/mol. The number of amides is 1. The second-order valence-electron chi connectivity index (χ2n) is 5.12. The van der Waals surface area contributed by atoms with Crippen LogP contribution in [0.5, 0.6) is 0 Å². The number of nitrogens with zero attached hydrogens (tertiary/aromatic N) is 2. The molecule has 2 heterocycles. The fraction of sp³-hybridized carbons (Fsp3) is 0.188. The van der Waals surface area contributed by atoms with Gasteiger partial charge in [0.1, 0.15) is 5.76 Å². The van der Waals surface area contributed by atoms with Gasteiger partial charge in [-0.25, -0.2) is 9.89 Å². The van der Waals surface area contributed by atoms with Crippen molar-refractivity contribution in [1.82, 2.24) is 20.1 Å². The molecule has 0 bridgehead atoms. The van der Waals surface area contributed by atoms with Gasteiger partial charge in [0.25, 0.3) is 5.91 Å². The topological polar surface area (TPSA) is 92.9 Å². The van der Waals surface area contributed by atoms with E-state index in [4.69, 9.17) is 4.42 Å². The van der Waals surface area contributed by atoms with Gasteiger partial charge in [-0.15, -0.1) is 5.10 Å². The molecule has 1 amide bonds. The van der Waals surface area contributed by atoms with Gasteiger partial charge in [-0.2, -0.15) is 0 Å². The highest BCUT2D eigenvalue weighted by molar-refractivity contribution is 7.98. The highest BCUT2D eigenvalue weighted by Crippen LogP contribution is 2.19. The van der Waals surface area contributed by atoms with E-state index in [2.05, 4.69) is 15.5 Å². The van der Waals surface area contributed by atoms with Crippen LogP contribution in [0, 0.1) is 0 Å². The van der Waals surface area contributed by atoms with Crippen molar-refractivity contribution in [3.63, 3.8) is 0 Å². The maximum atomic E-state index is 12.2. The number of aromatic amines is 1. The number of benzene rings is 1. The minimum Gasteiger partial charge on any atom is -0.467 e. The first-order valence-electron chi connectivity index (χ1n) is 7.27. The lowest BCUT2D eigenvalue weighted by atomic mass is 10.1. The quantitative estimate of drug-likeness (QED) is 0.667. The van der Waals surface area contributed by atoms with Crippen molar-refractivity contribution in [2.75, 3.05) is 0 Å². The molecular weight excluding hydrogens is 328 g/mol. The zero-order valence-corrected chi connectivity index (χ0v) is 13.8. The Balaban J connectivity index is 1.62. The Labute approximate surface area is 142 Å². The molecule has 124 valence electrons. The molecule has 0 saturated heterocycles. The molecule has 0 radical (unpaired) electrons. The summed E-state index contributed by atoms with van der Waals surface area (Å²) in [5.74, 6) is 1.15. The highest BCUT2D eigenvalue weighted by Gasteiger charge is 2.09. The number of H-pyrrole nitrogens is 1. The molecule has 0 saturated carbocycles. The molecule has 2 aromatic heterocycles. The van der Waals surface area contributed by atoms with E-state index in [9.17, 15) is 9.59 Å². The molecule has 1 aromatic carbocycles. The Morgan fingerprint density at radius 1 is 1.38 bits per heavy atom. The Morgan fingerprint density at radius 2 is 2.25 bits per heavy atom. The lowest BCUT2D eigenvalue weighted by molar-refractivity contribution is 0.0948. The minimum absolute atomic E-state index is 0.162. The fourth-order valence-corrected chi connectivity index (χ4v) is 2.96. The van der Waals surface area contributed by atoms with Gasteiger partial charge >= 0.3 is 5.69 Å². The molecule has 8 heteroatoms. The van der Waals surface area contributed by atoms with Crippen LogP contribution in [0.4, 0.5) is 0 Å². The predicted octanol–water partition coefficient (Wildman–Crippen LogP) is 1.92. The second kappa shape index (κ2) is 7.22. The average Bonchev–Trinajstić information content (AvgIpc) is 3.22. The van der Waals surface area contributed by atoms with Crippen molar-refractivity contribution in [2.45, 2.75) is 17.5 Å².